The molecule has 0 aromatic heterocycles. The summed E-state index contributed by atoms with van der Waals surface area (Å²) in [5, 5.41) is 5.78. The van der Waals surface area contributed by atoms with Gasteiger partial charge in [0.2, 0.25) is 0 Å². The fraction of sp³-hybridized carbons (Fsp3) is 0.778. The molecule has 5 nitrogen and oxygen atoms in total. The molecule has 0 saturated heterocycles. The van der Waals surface area contributed by atoms with Gasteiger partial charge in [0.05, 0.1) is 12.1 Å². The van der Waals surface area contributed by atoms with E-state index in [-0.39, 0.29) is 0 Å². The zero-order chi connectivity index (χ0) is 11.0. The summed E-state index contributed by atoms with van der Waals surface area (Å²) in [5.74, 6) is 0. The van der Waals surface area contributed by atoms with Gasteiger partial charge in [-0.3, -0.25) is 4.90 Å². The van der Waals surface area contributed by atoms with Crippen LogP contribution in [-0.4, -0.2) is 63.8 Å². The van der Waals surface area contributed by atoms with Gasteiger partial charge in [-0.15, -0.1) is 0 Å². The van der Waals surface area contributed by atoms with Crippen LogP contribution in [0.1, 0.15) is 0 Å². The van der Waals surface area contributed by atoms with Crippen LogP contribution in [0.15, 0.2) is 0 Å². The average molecular weight is 201 g/mol. The van der Waals surface area contributed by atoms with Crippen LogP contribution in [0.25, 0.3) is 0 Å². The van der Waals surface area contributed by atoms with Crippen LogP contribution in [0, 0.1) is 0 Å². The summed E-state index contributed by atoms with van der Waals surface area (Å²) in [7, 11) is 5.34. The largest absolute Gasteiger partial charge is 0.318 e. The van der Waals surface area contributed by atoms with Crippen LogP contribution in [-0.2, 0) is 9.59 Å². The third-order valence-electron chi connectivity index (χ3n) is 2.21. The van der Waals surface area contributed by atoms with E-state index in [4.69, 9.17) is 0 Å². The SMILES string of the molecule is CNCCN(C)C(C=O)C(C=O)NC. The molecule has 5 heteroatoms. The minimum atomic E-state index is -0.436. The second-order valence-electron chi connectivity index (χ2n) is 3.16. The van der Waals surface area contributed by atoms with Gasteiger partial charge in [0, 0.05) is 13.1 Å². The maximum Gasteiger partial charge on any atom is 0.139 e. The molecule has 0 aliphatic rings. The zero-order valence-electron chi connectivity index (χ0n) is 8.99. The summed E-state index contributed by atoms with van der Waals surface area (Å²) in [6.45, 7) is 1.52. The minimum Gasteiger partial charge on any atom is -0.318 e. The number of hydrogen-bond donors (Lipinski definition) is 2. The summed E-state index contributed by atoms with van der Waals surface area (Å²) >= 11 is 0. The average Bonchev–Trinajstić information content (AvgIpc) is 2.22. The fourth-order valence-corrected chi connectivity index (χ4v) is 1.22. The Balaban J connectivity index is 4.21. The van der Waals surface area contributed by atoms with E-state index in [0.717, 1.165) is 25.7 Å². The van der Waals surface area contributed by atoms with Crippen molar-refractivity contribution in [2.45, 2.75) is 12.1 Å². The smallest absolute Gasteiger partial charge is 0.139 e. The number of rotatable bonds is 8. The normalized spacial score (nSPS) is 15.1. The third-order valence-corrected chi connectivity index (χ3v) is 2.21. The van der Waals surface area contributed by atoms with E-state index in [2.05, 4.69) is 10.6 Å². The molecule has 0 amide bonds. The number of aldehydes is 2. The topological polar surface area (TPSA) is 61.4 Å². The molecule has 0 saturated carbocycles. The van der Waals surface area contributed by atoms with Gasteiger partial charge in [0.15, 0.2) is 0 Å². The van der Waals surface area contributed by atoms with Gasteiger partial charge in [0.1, 0.15) is 12.6 Å². The molecule has 14 heavy (non-hydrogen) atoms. The van der Waals surface area contributed by atoms with E-state index in [1.807, 2.05) is 19.0 Å². The summed E-state index contributed by atoms with van der Waals surface area (Å²) in [6.07, 6.45) is 1.56. The Labute approximate surface area is 84.8 Å². The number of nitrogens with one attached hydrogen (secondary N) is 2. The highest BCUT2D eigenvalue weighted by molar-refractivity contribution is 5.70. The van der Waals surface area contributed by atoms with Crippen molar-refractivity contribution in [2.24, 2.45) is 0 Å². The molecule has 0 radical (unpaired) electrons. The molecule has 82 valence electrons. The second-order valence-corrected chi connectivity index (χ2v) is 3.16. The molecule has 0 spiro atoms. The molecule has 0 bridgehead atoms. The summed E-state index contributed by atoms with van der Waals surface area (Å²) < 4.78 is 0. The van der Waals surface area contributed by atoms with Crippen molar-refractivity contribution >= 4 is 12.6 Å². The number of likely N-dealkylation sites (N-methyl/N-ethyl adjacent to an activating group) is 3. The Morgan fingerprint density at radius 2 is 1.93 bits per heavy atom. The molecular weight excluding hydrogens is 182 g/mol. The Bertz CT molecular complexity index is 175. The van der Waals surface area contributed by atoms with Crippen molar-refractivity contribution in [1.82, 2.24) is 15.5 Å². The number of carbonyl (C=O) groups is 2. The predicted molar refractivity (Wildman–Crippen MR) is 55.3 cm³/mol. The van der Waals surface area contributed by atoms with Crippen LogP contribution < -0.4 is 10.6 Å². The lowest BCUT2D eigenvalue weighted by atomic mass is 10.1. The predicted octanol–water partition coefficient (Wildman–Crippen LogP) is -1.51. The first-order chi connectivity index (χ1) is 6.71. The highest BCUT2D eigenvalue weighted by Gasteiger charge is 2.22. The standard InChI is InChI=1S/C9H19N3O2/c1-10-4-5-12(3)9(7-14)8(6-13)11-2/h6-11H,4-5H2,1-3H3. The van der Waals surface area contributed by atoms with Crippen molar-refractivity contribution in [3.63, 3.8) is 0 Å². The highest BCUT2D eigenvalue weighted by atomic mass is 16.1. The van der Waals surface area contributed by atoms with Gasteiger partial charge in [-0.1, -0.05) is 0 Å². The molecule has 2 N–H and O–H groups in total. The van der Waals surface area contributed by atoms with E-state index in [0.29, 0.717) is 0 Å². The maximum atomic E-state index is 10.8. The van der Waals surface area contributed by atoms with Crippen LogP contribution in [0.2, 0.25) is 0 Å². The molecule has 0 fully saturated rings. The Kier molecular flexibility index (Phi) is 7.18. The van der Waals surface area contributed by atoms with Crippen molar-refractivity contribution in [2.75, 3.05) is 34.2 Å². The van der Waals surface area contributed by atoms with Crippen LogP contribution in [0.4, 0.5) is 0 Å². The summed E-state index contributed by atoms with van der Waals surface area (Å²) in [5.41, 5.74) is 0. The molecule has 0 aliphatic carbocycles. The van der Waals surface area contributed by atoms with Crippen molar-refractivity contribution in [3.8, 4) is 0 Å². The molecule has 2 unspecified atom stereocenters. The lowest BCUT2D eigenvalue weighted by Crippen LogP contribution is -2.50. The number of hydrogen-bond acceptors (Lipinski definition) is 5. The molecular formula is C9H19N3O2. The first-order valence-corrected chi connectivity index (χ1v) is 4.64. The second kappa shape index (κ2) is 7.61. The van der Waals surface area contributed by atoms with E-state index in [1.165, 1.54) is 0 Å². The van der Waals surface area contributed by atoms with Crippen LogP contribution in [0.3, 0.4) is 0 Å². The highest BCUT2D eigenvalue weighted by Crippen LogP contribution is 1.97. The van der Waals surface area contributed by atoms with Crippen molar-refractivity contribution in [3.05, 3.63) is 0 Å². The van der Waals surface area contributed by atoms with Gasteiger partial charge < -0.3 is 20.2 Å². The fourth-order valence-electron chi connectivity index (χ4n) is 1.22. The van der Waals surface area contributed by atoms with E-state index >= 15 is 0 Å². The molecule has 0 aromatic rings. The lowest BCUT2D eigenvalue weighted by Gasteiger charge is -2.27. The monoisotopic (exact) mass is 201 g/mol. The van der Waals surface area contributed by atoms with E-state index in [1.54, 1.807) is 7.05 Å². The zero-order valence-corrected chi connectivity index (χ0v) is 8.99. The maximum absolute atomic E-state index is 10.8. The Hall–Kier alpha value is -0.780. The molecule has 0 rings (SSSR count). The first-order valence-electron chi connectivity index (χ1n) is 4.64. The minimum absolute atomic E-state index is 0.397. The van der Waals surface area contributed by atoms with Crippen molar-refractivity contribution < 1.29 is 9.59 Å². The molecule has 2 atom stereocenters. The van der Waals surface area contributed by atoms with Crippen molar-refractivity contribution in [1.29, 1.82) is 0 Å². The first kappa shape index (κ1) is 13.2. The summed E-state index contributed by atoms with van der Waals surface area (Å²) in [4.78, 5) is 23.3. The van der Waals surface area contributed by atoms with E-state index in [9.17, 15) is 9.59 Å². The van der Waals surface area contributed by atoms with Gasteiger partial charge in [0.25, 0.3) is 0 Å². The molecule has 0 aliphatic heterocycles. The number of carbonyl (C=O) groups excluding carboxylic acids is 2. The van der Waals surface area contributed by atoms with Gasteiger partial charge in [-0.2, -0.15) is 0 Å². The number of nitrogens with zero attached hydrogens (tertiary/aromatic N) is 1. The van der Waals surface area contributed by atoms with Gasteiger partial charge >= 0.3 is 0 Å². The van der Waals surface area contributed by atoms with Crippen LogP contribution in [0.5, 0.6) is 0 Å². The van der Waals surface area contributed by atoms with Crippen LogP contribution >= 0.6 is 0 Å². The Morgan fingerprint density at radius 3 is 2.29 bits per heavy atom. The lowest BCUT2D eigenvalue weighted by molar-refractivity contribution is -0.118. The van der Waals surface area contributed by atoms with Gasteiger partial charge in [-0.25, -0.2) is 0 Å². The van der Waals surface area contributed by atoms with Gasteiger partial charge in [-0.05, 0) is 21.1 Å². The third kappa shape index (κ3) is 3.95. The summed E-state index contributed by atoms with van der Waals surface area (Å²) in [6, 6.07) is -0.833. The molecule has 0 heterocycles. The molecule has 0 aromatic carbocycles. The quantitative estimate of drug-likeness (QED) is 0.468. The Morgan fingerprint density at radius 1 is 1.29 bits per heavy atom. The van der Waals surface area contributed by atoms with E-state index < -0.39 is 12.1 Å².